The summed E-state index contributed by atoms with van der Waals surface area (Å²) in [7, 11) is 1.65. The first-order valence-electron chi connectivity index (χ1n) is 9.75. The Morgan fingerprint density at radius 1 is 1.48 bits per heavy atom. The summed E-state index contributed by atoms with van der Waals surface area (Å²) in [4.78, 5) is 21.2. The van der Waals surface area contributed by atoms with Crippen LogP contribution in [0.5, 0.6) is 0 Å². The van der Waals surface area contributed by atoms with Gasteiger partial charge in [0, 0.05) is 30.3 Å². The van der Waals surface area contributed by atoms with Crippen LogP contribution in [0.25, 0.3) is 16.7 Å². The fraction of sp³-hybridized carbons (Fsp3) is 0.400. The molecule has 1 saturated carbocycles. The predicted octanol–water partition coefficient (Wildman–Crippen LogP) is 3.58. The van der Waals surface area contributed by atoms with Crippen molar-refractivity contribution in [3.63, 3.8) is 0 Å². The number of aliphatic hydroxyl groups is 1. The van der Waals surface area contributed by atoms with Crippen molar-refractivity contribution in [1.82, 2.24) is 25.1 Å². The Morgan fingerprint density at radius 3 is 2.97 bits per heavy atom. The highest BCUT2D eigenvalue weighted by Crippen LogP contribution is 2.39. The van der Waals surface area contributed by atoms with E-state index in [-0.39, 0.29) is 22.5 Å². The van der Waals surface area contributed by atoms with Gasteiger partial charge in [-0.15, -0.1) is 0 Å². The van der Waals surface area contributed by atoms with Gasteiger partial charge in [0.15, 0.2) is 5.65 Å². The average molecular weight is 512 g/mol. The maximum absolute atomic E-state index is 14.1. The second-order valence-corrected chi connectivity index (χ2v) is 9.07. The van der Waals surface area contributed by atoms with E-state index in [1.807, 2.05) is 6.92 Å². The minimum Gasteiger partial charge on any atom is -0.392 e. The Hall–Kier alpha value is -2.30. The van der Waals surface area contributed by atoms with Gasteiger partial charge in [-0.05, 0) is 47.3 Å². The number of carbonyl (C=O) groups excluding carboxylic acids is 1. The number of aliphatic hydroxyl groups excluding tert-OH is 1. The first-order chi connectivity index (χ1) is 14.8. The second-order valence-electron chi connectivity index (χ2n) is 7.92. The largest absolute Gasteiger partial charge is 0.392 e. The molecule has 1 aliphatic rings. The Labute approximate surface area is 191 Å². The molecule has 2 heterocycles. The molecule has 8 nitrogen and oxygen atoms in total. The first kappa shape index (κ1) is 21.9. The quantitative estimate of drug-likeness (QED) is 0.484. The molecule has 1 aromatic carbocycles. The van der Waals surface area contributed by atoms with Gasteiger partial charge in [-0.2, -0.15) is 10.1 Å². The van der Waals surface area contributed by atoms with E-state index < -0.39 is 17.8 Å². The fourth-order valence-corrected chi connectivity index (χ4v) is 4.71. The normalized spacial score (nSPS) is 20.9. The van der Waals surface area contributed by atoms with Crippen LogP contribution < -0.4 is 10.6 Å². The Morgan fingerprint density at radius 2 is 2.26 bits per heavy atom. The lowest BCUT2D eigenvalue weighted by atomic mass is 9.87. The zero-order chi connectivity index (χ0) is 22.3. The number of halogens is 3. The molecule has 0 bridgehead atoms. The van der Waals surface area contributed by atoms with Crippen LogP contribution in [-0.2, 0) is 11.4 Å². The number of nitrogens with zero attached hydrogens (tertiary/aromatic N) is 4. The van der Waals surface area contributed by atoms with Gasteiger partial charge < -0.3 is 15.7 Å². The van der Waals surface area contributed by atoms with Crippen molar-refractivity contribution < 1.29 is 14.3 Å². The van der Waals surface area contributed by atoms with Crippen molar-refractivity contribution in [1.29, 1.82) is 0 Å². The Kier molecular flexibility index (Phi) is 5.89. The third-order valence-corrected chi connectivity index (χ3v) is 6.59. The number of aromatic nitrogens is 4. The van der Waals surface area contributed by atoms with E-state index >= 15 is 0 Å². The summed E-state index contributed by atoms with van der Waals surface area (Å²) in [6, 6.07) is 2.96. The molecule has 3 aromatic rings. The predicted molar refractivity (Wildman–Crippen MR) is 119 cm³/mol. The molecule has 2 aromatic heterocycles. The van der Waals surface area contributed by atoms with Crippen LogP contribution in [0.2, 0.25) is 5.02 Å². The van der Waals surface area contributed by atoms with E-state index in [0.29, 0.717) is 33.7 Å². The van der Waals surface area contributed by atoms with Crippen LogP contribution in [0.4, 0.5) is 10.3 Å². The van der Waals surface area contributed by atoms with Crippen LogP contribution in [0.1, 0.15) is 31.7 Å². The van der Waals surface area contributed by atoms with Gasteiger partial charge in [0.25, 0.3) is 0 Å². The maximum atomic E-state index is 14.1. The van der Waals surface area contributed by atoms with Crippen LogP contribution in [0, 0.1) is 11.2 Å². The number of hydrogen-bond acceptors (Lipinski definition) is 6. The molecule has 1 amide bonds. The molecular weight excluding hydrogens is 491 g/mol. The molecule has 4 rings (SSSR count). The lowest BCUT2D eigenvalue weighted by Gasteiger charge is -2.22. The minimum absolute atomic E-state index is 0.0306. The zero-order valence-electron chi connectivity index (χ0n) is 16.9. The summed E-state index contributed by atoms with van der Waals surface area (Å²) in [5.41, 5.74) is 0.591. The van der Waals surface area contributed by atoms with Gasteiger partial charge in [-0.25, -0.2) is 14.1 Å². The summed E-state index contributed by atoms with van der Waals surface area (Å²) in [5.74, 6) is -0.230. The molecule has 1 fully saturated rings. The molecule has 164 valence electrons. The van der Waals surface area contributed by atoms with Crippen LogP contribution in [0.15, 0.2) is 22.9 Å². The molecule has 11 heteroatoms. The highest BCUT2D eigenvalue weighted by atomic mass is 79.9. The molecule has 2 atom stereocenters. The number of amides is 1. The van der Waals surface area contributed by atoms with E-state index in [9.17, 15) is 14.3 Å². The van der Waals surface area contributed by atoms with Gasteiger partial charge in [0.05, 0.1) is 22.7 Å². The highest BCUT2D eigenvalue weighted by Gasteiger charge is 2.40. The number of fused-ring (bicyclic) bond motifs is 1. The lowest BCUT2D eigenvalue weighted by molar-refractivity contribution is -0.129. The Bertz CT molecular complexity index is 1170. The number of rotatable bonds is 5. The molecular formula is C20H21BrClFN6O2. The van der Waals surface area contributed by atoms with Crippen molar-refractivity contribution >= 4 is 50.4 Å². The van der Waals surface area contributed by atoms with E-state index in [2.05, 4.69) is 41.6 Å². The molecule has 0 saturated heterocycles. The second kappa shape index (κ2) is 8.33. The summed E-state index contributed by atoms with van der Waals surface area (Å²) < 4.78 is 16.1. The van der Waals surface area contributed by atoms with E-state index in [0.717, 1.165) is 12.8 Å². The third kappa shape index (κ3) is 3.99. The summed E-state index contributed by atoms with van der Waals surface area (Å²) >= 11 is 9.40. The number of hydrogen-bond donors (Lipinski definition) is 3. The highest BCUT2D eigenvalue weighted by molar-refractivity contribution is 9.10. The van der Waals surface area contributed by atoms with Crippen molar-refractivity contribution in [2.45, 2.75) is 38.8 Å². The molecule has 31 heavy (non-hydrogen) atoms. The lowest BCUT2D eigenvalue weighted by Crippen LogP contribution is -2.35. The zero-order valence-corrected chi connectivity index (χ0v) is 19.3. The fourth-order valence-electron chi connectivity index (χ4n) is 4.04. The molecule has 0 radical (unpaired) electrons. The van der Waals surface area contributed by atoms with Gasteiger partial charge >= 0.3 is 0 Å². The molecule has 0 aliphatic heterocycles. The van der Waals surface area contributed by atoms with E-state index in [4.69, 9.17) is 11.6 Å². The van der Waals surface area contributed by atoms with Crippen LogP contribution in [-0.4, -0.2) is 43.9 Å². The van der Waals surface area contributed by atoms with Crippen LogP contribution in [0.3, 0.4) is 0 Å². The van der Waals surface area contributed by atoms with Crippen molar-refractivity contribution in [3.05, 3.63) is 39.3 Å². The number of benzene rings is 1. The van der Waals surface area contributed by atoms with Gasteiger partial charge in [-0.1, -0.05) is 18.5 Å². The monoisotopic (exact) mass is 510 g/mol. The summed E-state index contributed by atoms with van der Waals surface area (Å²) in [6.07, 6.45) is 3.91. The molecule has 1 aliphatic carbocycles. The minimum atomic E-state index is -0.666. The average Bonchev–Trinajstić information content (AvgIpc) is 3.30. The Balaban J connectivity index is 1.68. The van der Waals surface area contributed by atoms with Crippen LogP contribution >= 0.6 is 27.5 Å². The summed E-state index contributed by atoms with van der Waals surface area (Å²) in [6.45, 7) is 1.47. The van der Waals surface area contributed by atoms with Gasteiger partial charge in [0.1, 0.15) is 10.4 Å². The number of anilines is 1. The third-order valence-electron chi connectivity index (χ3n) is 5.73. The van der Waals surface area contributed by atoms with E-state index in [1.54, 1.807) is 13.2 Å². The SMILES string of the molecule is CNC(=O)[C@]1(C)CC[C@@H](Nc2ncc3c(Br)nn(-c4cc(Cl)c(F)c(CO)c4)c3n2)C1. The van der Waals surface area contributed by atoms with Gasteiger partial charge in [0.2, 0.25) is 11.9 Å². The first-order valence-corrected chi connectivity index (χ1v) is 10.9. The van der Waals surface area contributed by atoms with Crippen molar-refractivity contribution in [2.75, 3.05) is 12.4 Å². The van der Waals surface area contributed by atoms with Crippen molar-refractivity contribution in [3.8, 4) is 5.69 Å². The van der Waals surface area contributed by atoms with Crippen molar-refractivity contribution in [2.24, 2.45) is 5.41 Å². The van der Waals surface area contributed by atoms with Gasteiger partial charge in [-0.3, -0.25) is 4.79 Å². The topological polar surface area (TPSA) is 105 Å². The smallest absolute Gasteiger partial charge is 0.225 e. The van der Waals surface area contributed by atoms with E-state index in [1.165, 1.54) is 16.8 Å². The molecule has 0 unspecified atom stereocenters. The summed E-state index contributed by atoms with van der Waals surface area (Å²) in [5, 5.41) is 20.5. The standard InChI is InChI=1S/C20H21BrClFN6O2/c1-20(18(31)24-2)4-3-11(7-20)26-19-25-8-13-16(21)28-29(17(13)27-19)12-5-10(9-30)15(23)14(22)6-12/h5-6,8,11,30H,3-4,7,9H2,1-2H3,(H,24,31)(H,25,26,27)/t11-,20-/m1/s1. The number of carbonyl (C=O) groups is 1. The number of nitrogens with one attached hydrogen (secondary N) is 2. The molecule has 0 spiro atoms. The maximum Gasteiger partial charge on any atom is 0.225 e. The molecule has 3 N–H and O–H groups in total.